The first-order valence-electron chi connectivity index (χ1n) is 7.16. The minimum Gasteiger partial charge on any atom is -0.467 e. The molecule has 0 N–H and O–H groups in total. The first-order chi connectivity index (χ1) is 11.6. The Bertz CT molecular complexity index is 985. The van der Waals surface area contributed by atoms with Gasteiger partial charge in [-0.25, -0.2) is 0 Å². The van der Waals surface area contributed by atoms with Crippen LogP contribution in [0.2, 0.25) is 0 Å². The van der Waals surface area contributed by atoms with Gasteiger partial charge >= 0.3 is 0 Å². The molecule has 0 atom stereocenters. The number of non-ortho nitro benzene ring substituents is 1. The van der Waals surface area contributed by atoms with Gasteiger partial charge in [-0.05, 0) is 30.3 Å². The maximum Gasteiger partial charge on any atom is 0.277 e. The molecule has 1 aromatic heterocycles. The third-order valence-corrected chi connectivity index (χ3v) is 4.06. The molecule has 0 unspecified atom stereocenters. The maximum atomic E-state index is 12.7. The van der Waals surface area contributed by atoms with E-state index in [0.717, 1.165) is 4.90 Å². The number of amides is 2. The van der Waals surface area contributed by atoms with Crippen molar-refractivity contribution in [1.29, 1.82) is 0 Å². The van der Waals surface area contributed by atoms with Gasteiger partial charge < -0.3 is 4.42 Å². The largest absolute Gasteiger partial charge is 0.467 e. The lowest BCUT2D eigenvalue weighted by molar-refractivity contribution is -0.383. The highest BCUT2D eigenvalue weighted by atomic mass is 16.6. The Morgan fingerprint density at radius 3 is 2.42 bits per heavy atom. The predicted octanol–water partition coefficient (Wildman–Crippen LogP) is 3.14. The van der Waals surface area contributed by atoms with Crippen molar-refractivity contribution < 1.29 is 18.9 Å². The topological polar surface area (TPSA) is 93.7 Å². The molecule has 0 aliphatic carbocycles. The summed E-state index contributed by atoms with van der Waals surface area (Å²) >= 11 is 0. The van der Waals surface area contributed by atoms with Gasteiger partial charge in [0.25, 0.3) is 17.5 Å². The lowest BCUT2D eigenvalue weighted by Gasteiger charge is -2.26. The van der Waals surface area contributed by atoms with Gasteiger partial charge in [0.1, 0.15) is 5.76 Å². The molecular weight excluding hydrogens is 312 g/mol. The van der Waals surface area contributed by atoms with Gasteiger partial charge in [0.2, 0.25) is 0 Å². The Labute approximate surface area is 135 Å². The van der Waals surface area contributed by atoms with Crippen LogP contribution in [-0.2, 0) is 6.54 Å². The van der Waals surface area contributed by atoms with E-state index in [1.54, 1.807) is 30.3 Å². The second-order valence-corrected chi connectivity index (χ2v) is 5.39. The van der Waals surface area contributed by atoms with Crippen molar-refractivity contribution in [2.24, 2.45) is 0 Å². The van der Waals surface area contributed by atoms with Gasteiger partial charge in [-0.2, -0.15) is 0 Å². The average molecular weight is 322 g/mol. The van der Waals surface area contributed by atoms with Crippen molar-refractivity contribution in [1.82, 2.24) is 4.90 Å². The molecule has 24 heavy (non-hydrogen) atoms. The standard InChI is InChI=1S/C17H10N2O5/c20-16-12-5-1-4-11-14(19(22)23)7-6-13(15(11)12)17(21)18(16)9-10-3-2-8-24-10/h1-8H,9H2. The van der Waals surface area contributed by atoms with Gasteiger partial charge in [0.05, 0.1) is 23.1 Å². The number of benzene rings is 2. The monoisotopic (exact) mass is 322 g/mol. The van der Waals surface area contributed by atoms with Crippen LogP contribution in [0, 0.1) is 10.1 Å². The van der Waals surface area contributed by atoms with Gasteiger partial charge in [0, 0.05) is 22.6 Å². The SMILES string of the molecule is O=C1c2cccc3c([N+](=O)[O-])ccc(c23)C(=O)N1Cc1ccco1. The summed E-state index contributed by atoms with van der Waals surface area (Å²) in [6.45, 7) is 0.0114. The summed E-state index contributed by atoms with van der Waals surface area (Å²) in [5.41, 5.74) is 0.422. The second-order valence-electron chi connectivity index (χ2n) is 5.39. The summed E-state index contributed by atoms with van der Waals surface area (Å²) < 4.78 is 5.21. The molecule has 0 spiro atoms. The van der Waals surface area contributed by atoms with E-state index < -0.39 is 16.7 Å². The molecule has 2 aromatic carbocycles. The number of carbonyl (C=O) groups is 2. The van der Waals surface area contributed by atoms with Crippen LogP contribution in [0.5, 0.6) is 0 Å². The lowest BCUT2D eigenvalue weighted by atomic mass is 9.93. The predicted molar refractivity (Wildman–Crippen MR) is 83.5 cm³/mol. The summed E-state index contributed by atoms with van der Waals surface area (Å²) in [6.07, 6.45) is 1.46. The van der Waals surface area contributed by atoms with Crippen LogP contribution in [0.25, 0.3) is 10.8 Å². The molecule has 1 aliphatic rings. The van der Waals surface area contributed by atoms with Crippen molar-refractivity contribution in [3.8, 4) is 0 Å². The zero-order valence-corrected chi connectivity index (χ0v) is 12.3. The lowest BCUT2D eigenvalue weighted by Crippen LogP contribution is -2.39. The van der Waals surface area contributed by atoms with Gasteiger partial charge in [-0.15, -0.1) is 0 Å². The highest BCUT2D eigenvalue weighted by Crippen LogP contribution is 2.35. The Morgan fingerprint density at radius 2 is 1.75 bits per heavy atom. The Balaban J connectivity index is 1.92. The fourth-order valence-corrected chi connectivity index (χ4v) is 2.99. The van der Waals surface area contributed by atoms with E-state index in [1.807, 2.05) is 0 Å². The highest BCUT2D eigenvalue weighted by molar-refractivity contribution is 6.26. The minimum atomic E-state index is -0.521. The molecule has 1 aliphatic heterocycles. The fraction of sp³-hybridized carbons (Fsp3) is 0.0588. The number of hydrogen-bond acceptors (Lipinski definition) is 5. The normalized spacial score (nSPS) is 13.6. The Morgan fingerprint density at radius 1 is 1.00 bits per heavy atom. The van der Waals surface area contributed by atoms with Crippen molar-refractivity contribution in [3.05, 3.63) is 75.7 Å². The molecule has 2 amide bonds. The zero-order valence-electron chi connectivity index (χ0n) is 12.3. The Hall–Kier alpha value is -3.48. The third-order valence-electron chi connectivity index (χ3n) is 4.06. The van der Waals surface area contributed by atoms with Crippen LogP contribution >= 0.6 is 0 Å². The summed E-state index contributed by atoms with van der Waals surface area (Å²) in [7, 11) is 0. The van der Waals surface area contributed by atoms with E-state index in [4.69, 9.17) is 4.42 Å². The molecule has 7 heteroatoms. The molecule has 0 bridgehead atoms. The average Bonchev–Trinajstić information content (AvgIpc) is 3.09. The molecule has 4 rings (SSSR count). The summed E-state index contributed by atoms with van der Waals surface area (Å²) in [5.74, 6) is -0.501. The summed E-state index contributed by atoms with van der Waals surface area (Å²) in [5, 5.41) is 11.8. The van der Waals surface area contributed by atoms with Gasteiger partial charge in [-0.3, -0.25) is 24.6 Å². The molecule has 0 radical (unpaired) electrons. The quantitative estimate of drug-likeness (QED) is 0.419. The second kappa shape index (κ2) is 5.02. The van der Waals surface area contributed by atoms with Crippen molar-refractivity contribution >= 4 is 28.3 Å². The van der Waals surface area contributed by atoms with Gasteiger partial charge in [0.15, 0.2) is 0 Å². The van der Waals surface area contributed by atoms with E-state index in [0.29, 0.717) is 11.1 Å². The number of furan rings is 1. The third kappa shape index (κ3) is 1.91. The highest BCUT2D eigenvalue weighted by Gasteiger charge is 2.34. The molecule has 0 saturated heterocycles. The smallest absolute Gasteiger partial charge is 0.277 e. The van der Waals surface area contributed by atoms with Crippen LogP contribution in [0.4, 0.5) is 5.69 Å². The van der Waals surface area contributed by atoms with Crippen molar-refractivity contribution in [3.63, 3.8) is 0 Å². The van der Waals surface area contributed by atoms with Crippen LogP contribution in [0.15, 0.2) is 53.1 Å². The number of hydrogen-bond donors (Lipinski definition) is 0. The molecular formula is C17H10N2O5. The first-order valence-corrected chi connectivity index (χ1v) is 7.16. The number of rotatable bonds is 3. The van der Waals surface area contributed by atoms with Gasteiger partial charge in [-0.1, -0.05) is 6.07 Å². The van der Waals surface area contributed by atoms with Crippen LogP contribution < -0.4 is 0 Å². The number of nitro groups is 1. The summed E-state index contributed by atoms with van der Waals surface area (Å²) in [6, 6.07) is 10.7. The van der Waals surface area contributed by atoms with E-state index in [2.05, 4.69) is 0 Å². The molecule has 2 heterocycles. The first kappa shape index (κ1) is 14.1. The van der Waals surface area contributed by atoms with Crippen molar-refractivity contribution in [2.75, 3.05) is 0 Å². The number of imide groups is 1. The molecule has 3 aromatic rings. The zero-order chi connectivity index (χ0) is 16.8. The van der Waals surface area contributed by atoms with Crippen LogP contribution in [0.1, 0.15) is 26.5 Å². The molecule has 118 valence electrons. The van der Waals surface area contributed by atoms with Crippen molar-refractivity contribution in [2.45, 2.75) is 6.54 Å². The number of nitro benzene ring substituents is 1. The van der Waals surface area contributed by atoms with Crippen LogP contribution in [0.3, 0.4) is 0 Å². The number of carbonyl (C=O) groups excluding carboxylic acids is 2. The van der Waals surface area contributed by atoms with E-state index in [-0.39, 0.29) is 28.7 Å². The molecule has 0 saturated carbocycles. The maximum absolute atomic E-state index is 12.7. The minimum absolute atomic E-state index is 0.0114. The summed E-state index contributed by atoms with van der Waals surface area (Å²) in [4.78, 5) is 37.2. The van der Waals surface area contributed by atoms with E-state index >= 15 is 0 Å². The van der Waals surface area contributed by atoms with Crippen LogP contribution in [-0.4, -0.2) is 21.6 Å². The Kier molecular flexibility index (Phi) is 2.96. The molecule has 7 nitrogen and oxygen atoms in total. The van der Waals surface area contributed by atoms with E-state index in [9.17, 15) is 19.7 Å². The fourth-order valence-electron chi connectivity index (χ4n) is 2.99. The molecule has 0 fully saturated rings. The number of nitrogens with zero attached hydrogens (tertiary/aromatic N) is 2. The van der Waals surface area contributed by atoms with E-state index in [1.165, 1.54) is 18.4 Å².